The lowest BCUT2D eigenvalue weighted by atomic mass is 9.95. The van der Waals surface area contributed by atoms with Gasteiger partial charge in [0.15, 0.2) is 0 Å². The quantitative estimate of drug-likeness (QED) is 0.753. The maximum absolute atomic E-state index is 5.88. The number of nitrogens with two attached hydrogens (primary N) is 1. The summed E-state index contributed by atoms with van der Waals surface area (Å²) in [4.78, 5) is 2.52. The van der Waals surface area contributed by atoms with E-state index in [2.05, 4.69) is 18.7 Å². The first-order chi connectivity index (χ1) is 7.22. The molecule has 3 heteroatoms. The van der Waals surface area contributed by atoms with Crippen molar-refractivity contribution in [2.75, 3.05) is 26.7 Å². The van der Waals surface area contributed by atoms with Gasteiger partial charge in [0, 0.05) is 26.2 Å². The molecule has 0 saturated carbocycles. The van der Waals surface area contributed by atoms with Crippen LogP contribution in [0.2, 0.25) is 0 Å². The second-order valence-electron chi connectivity index (χ2n) is 4.68. The van der Waals surface area contributed by atoms with Gasteiger partial charge in [0.1, 0.15) is 0 Å². The second-order valence-corrected chi connectivity index (χ2v) is 4.68. The van der Waals surface area contributed by atoms with Crippen LogP contribution in [-0.4, -0.2) is 43.8 Å². The zero-order chi connectivity index (χ0) is 11.3. The maximum Gasteiger partial charge on any atom is 0.0698 e. The van der Waals surface area contributed by atoms with E-state index in [1.165, 1.54) is 25.8 Å². The zero-order valence-corrected chi connectivity index (χ0v) is 10.4. The molecule has 0 aromatic heterocycles. The van der Waals surface area contributed by atoms with Crippen LogP contribution in [0.1, 0.15) is 33.1 Å². The molecule has 1 aliphatic heterocycles. The molecule has 1 rings (SSSR count). The van der Waals surface area contributed by atoms with E-state index < -0.39 is 0 Å². The van der Waals surface area contributed by atoms with Crippen LogP contribution >= 0.6 is 0 Å². The summed E-state index contributed by atoms with van der Waals surface area (Å²) in [5, 5.41) is 0. The lowest BCUT2D eigenvalue weighted by Crippen LogP contribution is -2.50. The minimum absolute atomic E-state index is 0.414. The largest absolute Gasteiger partial charge is 0.380 e. The van der Waals surface area contributed by atoms with Crippen LogP contribution in [0.3, 0.4) is 0 Å². The number of piperidine rings is 1. The molecule has 90 valence electrons. The molecule has 1 heterocycles. The van der Waals surface area contributed by atoms with Crippen molar-refractivity contribution in [1.82, 2.24) is 4.90 Å². The van der Waals surface area contributed by atoms with Gasteiger partial charge in [-0.25, -0.2) is 0 Å². The Balaban J connectivity index is 2.51. The molecule has 1 fully saturated rings. The second kappa shape index (κ2) is 6.46. The predicted octanol–water partition coefficient (Wildman–Crippen LogP) is 1.47. The summed E-state index contributed by atoms with van der Waals surface area (Å²) >= 11 is 0. The highest BCUT2D eigenvalue weighted by Gasteiger charge is 2.27. The number of rotatable bonds is 5. The van der Waals surface area contributed by atoms with Crippen LogP contribution in [0.4, 0.5) is 0 Å². The Morgan fingerprint density at radius 1 is 1.53 bits per heavy atom. The summed E-state index contributed by atoms with van der Waals surface area (Å²) in [7, 11) is 1.81. The van der Waals surface area contributed by atoms with E-state index in [1.807, 2.05) is 7.11 Å². The predicted molar refractivity (Wildman–Crippen MR) is 63.9 cm³/mol. The molecule has 0 amide bonds. The lowest BCUT2D eigenvalue weighted by molar-refractivity contribution is 0.00585. The number of ether oxygens (including phenoxy) is 1. The first kappa shape index (κ1) is 12.9. The average Bonchev–Trinajstić information content (AvgIpc) is 2.30. The number of hydrogen-bond acceptors (Lipinski definition) is 3. The van der Waals surface area contributed by atoms with Crippen LogP contribution in [0.25, 0.3) is 0 Å². The van der Waals surface area contributed by atoms with Gasteiger partial charge < -0.3 is 10.5 Å². The Morgan fingerprint density at radius 2 is 2.27 bits per heavy atom. The Labute approximate surface area is 94.0 Å². The van der Waals surface area contributed by atoms with Crippen LogP contribution in [0, 0.1) is 5.92 Å². The Hall–Kier alpha value is -0.120. The fourth-order valence-corrected chi connectivity index (χ4v) is 2.47. The molecule has 0 aliphatic carbocycles. The van der Waals surface area contributed by atoms with Crippen LogP contribution in [0.5, 0.6) is 0 Å². The van der Waals surface area contributed by atoms with Crippen molar-refractivity contribution in [3.8, 4) is 0 Å². The first-order valence-corrected chi connectivity index (χ1v) is 6.19. The van der Waals surface area contributed by atoms with Gasteiger partial charge in [-0.3, -0.25) is 4.90 Å². The minimum atomic E-state index is 0.414. The SMILES string of the molecule is CCC(C)C(CN)N1CCCC(OC)C1. The summed E-state index contributed by atoms with van der Waals surface area (Å²) in [5.41, 5.74) is 5.88. The van der Waals surface area contributed by atoms with Gasteiger partial charge in [-0.1, -0.05) is 20.3 Å². The molecule has 0 radical (unpaired) electrons. The van der Waals surface area contributed by atoms with Crippen molar-refractivity contribution in [3.63, 3.8) is 0 Å². The van der Waals surface area contributed by atoms with Crippen molar-refractivity contribution < 1.29 is 4.74 Å². The monoisotopic (exact) mass is 214 g/mol. The summed E-state index contributed by atoms with van der Waals surface area (Å²) in [6, 6.07) is 0.535. The molecule has 1 saturated heterocycles. The smallest absolute Gasteiger partial charge is 0.0698 e. The summed E-state index contributed by atoms with van der Waals surface area (Å²) in [6.45, 7) is 7.55. The highest BCUT2D eigenvalue weighted by atomic mass is 16.5. The van der Waals surface area contributed by atoms with Gasteiger partial charge in [0.25, 0.3) is 0 Å². The van der Waals surface area contributed by atoms with E-state index in [4.69, 9.17) is 10.5 Å². The van der Waals surface area contributed by atoms with Crippen molar-refractivity contribution in [3.05, 3.63) is 0 Å². The number of likely N-dealkylation sites (tertiary alicyclic amines) is 1. The van der Waals surface area contributed by atoms with E-state index in [1.54, 1.807) is 0 Å². The maximum atomic E-state index is 5.88. The molecule has 2 N–H and O–H groups in total. The van der Waals surface area contributed by atoms with E-state index in [-0.39, 0.29) is 0 Å². The van der Waals surface area contributed by atoms with E-state index >= 15 is 0 Å². The Kier molecular flexibility index (Phi) is 5.58. The molecule has 3 unspecified atom stereocenters. The summed E-state index contributed by atoms with van der Waals surface area (Å²) in [6.07, 6.45) is 4.06. The molecule has 1 aliphatic rings. The van der Waals surface area contributed by atoms with Crippen molar-refractivity contribution in [2.24, 2.45) is 11.7 Å². The van der Waals surface area contributed by atoms with Gasteiger partial charge in [-0.2, -0.15) is 0 Å². The molecule has 0 aromatic rings. The topological polar surface area (TPSA) is 38.5 Å². The summed E-state index contributed by atoms with van der Waals surface area (Å²) < 4.78 is 5.45. The van der Waals surface area contributed by atoms with Gasteiger partial charge in [-0.15, -0.1) is 0 Å². The van der Waals surface area contributed by atoms with Crippen LogP contribution in [0.15, 0.2) is 0 Å². The van der Waals surface area contributed by atoms with Gasteiger partial charge in [0.2, 0.25) is 0 Å². The van der Waals surface area contributed by atoms with Gasteiger partial charge >= 0.3 is 0 Å². The molecule has 3 nitrogen and oxygen atoms in total. The molecule has 0 bridgehead atoms. The number of methoxy groups -OCH3 is 1. The zero-order valence-electron chi connectivity index (χ0n) is 10.4. The highest BCUT2D eigenvalue weighted by molar-refractivity contribution is 4.82. The van der Waals surface area contributed by atoms with Crippen molar-refractivity contribution in [2.45, 2.75) is 45.3 Å². The number of hydrogen-bond donors (Lipinski definition) is 1. The van der Waals surface area contributed by atoms with E-state index in [0.29, 0.717) is 18.1 Å². The summed E-state index contributed by atoms with van der Waals surface area (Å²) in [5.74, 6) is 0.686. The van der Waals surface area contributed by atoms with E-state index in [9.17, 15) is 0 Å². The Bertz CT molecular complexity index is 175. The third-order valence-electron chi connectivity index (χ3n) is 3.75. The van der Waals surface area contributed by atoms with Crippen molar-refractivity contribution in [1.29, 1.82) is 0 Å². The van der Waals surface area contributed by atoms with Crippen LogP contribution < -0.4 is 5.73 Å². The van der Waals surface area contributed by atoms with Crippen LogP contribution in [-0.2, 0) is 4.74 Å². The minimum Gasteiger partial charge on any atom is -0.380 e. The fourth-order valence-electron chi connectivity index (χ4n) is 2.47. The first-order valence-electron chi connectivity index (χ1n) is 6.19. The molecular weight excluding hydrogens is 188 g/mol. The molecule has 15 heavy (non-hydrogen) atoms. The average molecular weight is 214 g/mol. The Morgan fingerprint density at radius 3 is 2.80 bits per heavy atom. The standard InChI is InChI=1S/C12H26N2O/c1-4-10(2)12(8-13)14-7-5-6-11(9-14)15-3/h10-12H,4-9,13H2,1-3H3. The highest BCUT2D eigenvalue weighted by Crippen LogP contribution is 2.20. The molecule has 0 spiro atoms. The lowest BCUT2D eigenvalue weighted by Gasteiger charge is -2.39. The molecule has 0 aromatic carbocycles. The molecule has 3 atom stereocenters. The van der Waals surface area contributed by atoms with Gasteiger partial charge in [0.05, 0.1) is 6.10 Å². The molecular formula is C12H26N2O. The van der Waals surface area contributed by atoms with Gasteiger partial charge in [-0.05, 0) is 25.3 Å². The fraction of sp³-hybridized carbons (Fsp3) is 1.00. The van der Waals surface area contributed by atoms with Crippen molar-refractivity contribution >= 4 is 0 Å². The number of nitrogens with zero attached hydrogens (tertiary/aromatic N) is 1. The normalized spacial score (nSPS) is 27.6. The van der Waals surface area contributed by atoms with E-state index in [0.717, 1.165) is 13.1 Å². The third-order valence-corrected chi connectivity index (χ3v) is 3.75. The third kappa shape index (κ3) is 3.44.